The van der Waals surface area contributed by atoms with Crippen molar-refractivity contribution in [1.82, 2.24) is 14.8 Å². The molecule has 0 aliphatic heterocycles. The van der Waals surface area contributed by atoms with Gasteiger partial charge in [-0.2, -0.15) is 5.10 Å². The first-order valence-corrected chi connectivity index (χ1v) is 9.45. The zero-order valence-corrected chi connectivity index (χ0v) is 16.6. The van der Waals surface area contributed by atoms with E-state index in [2.05, 4.69) is 10.1 Å². The van der Waals surface area contributed by atoms with Crippen molar-refractivity contribution in [2.24, 2.45) is 7.05 Å². The molecule has 0 fully saturated rings. The number of hydrogen-bond donors (Lipinski definition) is 0. The number of hydrogen-bond acceptors (Lipinski definition) is 3. The SMILES string of the molecule is Cc1ccc(-c2ncnn2C)cc1-c1ccc(CC(=O)c2c(F)cccc2F)cc1. The first kappa shape index (κ1) is 19.6. The summed E-state index contributed by atoms with van der Waals surface area (Å²) >= 11 is 0. The molecule has 0 spiro atoms. The van der Waals surface area contributed by atoms with Gasteiger partial charge >= 0.3 is 0 Å². The monoisotopic (exact) mass is 403 g/mol. The number of rotatable bonds is 5. The van der Waals surface area contributed by atoms with Crippen LogP contribution in [-0.4, -0.2) is 20.5 Å². The predicted molar refractivity (Wildman–Crippen MR) is 111 cm³/mol. The van der Waals surface area contributed by atoms with Gasteiger partial charge < -0.3 is 0 Å². The number of halogens is 2. The fourth-order valence-electron chi connectivity index (χ4n) is 3.47. The summed E-state index contributed by atoms with van der Waals surface area (Å²) in [5.74, 6) is -1.50. The predicted octanol–water partition coefficient (Wildman–Crippen LogP) is 5.16. The van der Waals surface area contributed by atoms with Gasteiger partial charge in [-0.3, -0.25) is 4.79 Å². The maximum absolute atomic E-state index is 13.8. The normalized spacial score (nSPS) is 10.9. The lowest BCUT2D eigenvalue weighted by molar-refractivity contribution is 0.0985. The zero-order chi connectivity index (χ0) is 21.3. The number of carbonyl (C=O) groups is 1. The Bertz CT molecular complexity index is 1210. The minimum atomic E-state index is -0.840. The lowest BCUT2D eigenvalue weighted by Crippen LogP contribution is -2.09. The van der Waals surface area contributed by atoms with Gasteiger partial charge in [0.1, 0.15) is 18.0 Å². The highest BCUT2D eigenvalue weighted by Crippen LogP contribution is 2.29. The van der Waals surface area contributed by atoms with Gasteiger partial charge in [0.05, 0.1) is 5.56 Å². The molecule has 0 aliphatic carbocycles. The molecule has 0 radical (unpaired) electrons. The largest absolute Gasteiger partial charge is 0.294 e. The van der Waals surface area contributed by atoms with Gasteiger partial charge in [0.15, 0.2) is 11.6 Å². The van der Waals surface area contributed by atoms with Crippen molar-refractivity contribution < 1.29 is 13.6 Å². The summed E-state index contributed by atoms with van der Waals surface area (Å²) in [4.78, 5) is 16.7. The molecule has 4 rings (SSSR count). The molecule has 0 unspecified atom stereocenters. The van der Waals surface area contributed by atoms with Crippen molar-refractivity contribution >= 4 is 5.78 Å². The van der Waals surface area contributed by atoms with Gasteiger partial charge in [0, 0.05) is 19.0 Å². The van der Waals surface area contributed by atoms with E-state index in [-0.39, 0.29) is 6.42 Å². The van der Waals surface area contributed by atoms with Crippen LogP contribution in [0, 0.1) is 18.6 Å². The number of ketones is 1. The van der Waals surface area contributed by atoms with Crippen molar-refractivity contribution in [3.63, 3.8) is 0 Å². The molecule has 0 aliphatic rings. The highest BCUT2D eigenvalue weighted by atomic mass is 19.1. The fraction of sp³-hybridized carbons (Fsp3) is 0.125. The van der Waals surface area contributed by atoms with Crippen LogP contribution in [0.4, 0.5) is 8.78 Å². The van der Waals surface area contributed by atoms with Crippen LogP contribution in [0.3, 0.4) is 0 Å². The number of Topliss-reactive ketones (excluding diaryl/α,β-unsaturated/α-hetero) is 1. The van der Waals surface area contributed by atoms with Gasteiger partial charge in [-0.15, -0.1) is 0 Å². The molecule has 6 heteroatoms. The molecule has 3 aromatic carbocycles. The van der Waals surface area contributed by atoms with Gasteiger partial charge in [-0.25, -0.2) is 18.4 Å². The van der Waals surface area contributed by atoms with E-state index < -0.39 is 23.0 Å². The van der Waals surface area contributed by atoms with E-state index in [0.717, 1.165) is 40.2 Å². The van der Waals surface area contributed by atoms with Crippen LogP contribution in [0.1, 0.15) is 21.5 Å². The summed E-state index contributed by atoms with van der Waals surface area (Å²) in [5.41, 5.74) is 4.25. The van der Waals surface area contributed by atoms with Gasteiger partial charge in [0.2, 0.25) is 0 Å². The van der Waals surface area contributed by atoms with E-state index in [4.69, 9.17) is 0 Å². The Balaban J connectivity index is 1.60. The molecule has 0 atom stereocenters. The number of aryl methyl sites for hydroxylation is 2. The second-order valence-corrected chi connectivity index (χ2v) is 7.13. The smallest absolute Gasteiger partial charge is 0.173 e. The molecule has 4 aromatic rings. The second-order valence-electron chi connectivity index (χ2n) is 7.13. The van der Waals surface area contributed by atoms with Crippen LogP contribution >= 0.6 is 0 Å². The second kappa shape index (κ2) is 7.99. The summed E-state index contributed by atoms with van der Waals surface area (Å²) in [6.45, 7) is 2.02. The third-order valence-corrected chi connectivity index (χ3v) is 5.08. The first-order valence-electron chi connectivity index (χ1n) is 9.45. The van der Waals surface area contributed by atoms with Crippen LogP contribution in [0.15, 0.2) is 67.0 Å². The Hall–Kier alpha value is -3.67. The Morgan fingerprint density at radius 1 is 0.967 bits per heavy atom. The van der Waals surface area contributed by atoms with Crippen LogP contribution < -0.4 is 0 Å². The molecule has 0 amide bonds. The fourth-order valence-corrected chi connectivity index (χ4v) is 3.47. The zero-order valence-electron chi connectivity index (χ0n) is 16.6. The van der Waals surface area contributed by atoms with Gasteiger partial charge in [-0.1, -0.05) is 42.5 Å². The van der Waals surface area contributed by atoms with Gasteiger partial charge in [0.25, 0.3) is 0 Å². The quantitative estimate of drug-likeness (QED) is 0.433. The molecule has 4 nitrogen and oxygen atoms in total. The van der Waals surface area contributed by atoms with Crippen LogP contribution in [0.5, 0.6) is 0 Å². The average Bonchev–Trinajstić information content (AvgIpc) is 3.15. The average molecular weight is 403 g/mol. The van der Waals surface area contributed by atoms with E-state index in [1.54, 1.807) is 16.8 Å². The maximum Gasteiger partial charge on any atom is 0.173 e. The molecule has 0 saturated heterocycles. The van der Waals surface area contributed by atoms with Gasteiger partial charge in [-0.05, 0) is 47.4 Å². The standard InChI is InChI=1S/C24H19F2N3O/c1-15-6-9-18(24-27-14-28-29(24)2)13-19(15)17-10-7-16(8-11-17)12-22(30)23-20(25)4-3-5-21(23)26/h3-11,13-14H,12H2,1-2H3. The first-order chi connectivity index (χ1) is 14.4. The minimum Gasteiger partial charge on any atom is -0.294 e. The van der Waals surface area contributed by atoms with Crippen molar-refractivity contribution in [3.05, 3.63) is 95.3 Å². The Labute approximate surface area is 172 Å². The maximum atomic E-state index is 13.8. The van der Waals surface area contributed by atoms with Crippen molar-refractivity contribution in [2.75, 3.05) is 0 Å². The Morgan fingerprint density at radius 3 is 2.27 bits per heavy atom. The van der Waals surface area contributed by atoms with Crippen LogP contribution in [0.2, 0.25) is 0 Å². The molecular weight excluding hydrogens is 384 g/mol. The van der Waals surface area contributed by atoms with E-state index in [1.165, 1.54) is 12.4 Å². The third kappa shape index (κ3) is 3.76. The molecule has 1 aromatic heterocycles. The number of benzene rings is 3. The molecule has 150 valence electrons. The van der Waals surface area contributed by atoms with E-state index >= 15 is 0 Å². The summed E-state index contributed by atoms with van der Waals surface area (Å²) < 4.78 is 29.4. The van der Waals surface area contributed by atoms with Crippen molar-refractivity contribution in [2.45, 2.75) is 13.3 Å². The van der Waals surface area contributed by atoms with E-state index in [9.17, 15) is 13.6 Å². The highest BCUT2D eigenvalue weighted by molar-refractivity contribution is 5.98. The summed E-state index contributed by atoms with van der Waals surface area (Å²) in [6, 6.07) is 16.9. The van der Waals surface area contributed by atoms with Crippen molar-refractivity contribution in [1.29, 1.82) is 0 Å². The number of carbonyl (C=O) groups excluding carboxylic acids is 1. The lowest BCUT2D eigenvalue weighted by Gasteiger charge is -2.10. The molecule has 0 bridgehead atoms. The van der Waals surface area contributed by atoms with Crippen LogP contribution in [-0.2, 0) is 13.5 Å². The Morgan fingerprint density at radius 2 is 1.63 bits per heavy atom. The summed E-state index contributed by atoms with van der Waals surface area (Å²) in [6.07, 6.45) is 1.44. The number of nitrogens with zero attached hydrogens (tertiary/aromatic N) is 3. The van der Waals surface area contributed by atoms with E-state index in [1.807, 2.05) is 44.3 Å². The highest BCUT2D eigenvalue weighted by Gasteiger charge is 2.17. The lowest BCUT2D eigenvalue weighted by atomic mass is 9.95. The minimum absolute atomic E-state index is 0.0733. The summed E-state index contributed by atoms with van der Waals surface area (Å²) in [5, 5.41) is 4.11. The molecule has 0 N–H and O–H groups in total. The molecule has 1 heterocycles. The van der Waals surface area contributed by atoms with Crippen LogP contribution in [0.25, 0.3) is 22.5 Å². The molecular formula is C24H19F2N3O. The molecule has 30 heavy (non-hydrogen) atoms. The number of aromatic nitrogens is 3. The van der Waals surface area contributed by atoms with Crippen molar-refractivity contribution in [3.8, 4) is 22.5 Å². The van der Waals surface area contributed by atoms with E-state index in [0.29, 0.717) is 5.56 Å². The molecule has 0 saturated carbocycles. The third-order valence-electron chi connectivity index (χ3n) is 5.08. The summed E-state index contributed by atoms with van der Waals surface area (Å²) in [7, 11) is 1.84. The topological polar surface area (TPSA) is 47.8 Å². The Kier molecular flexibility index (Phi) is 5.23.